The highest BCUT2D eigenvalue weighted by molar-refractivity contribution is 6.00. The molecule has 5 heterocycles. The number of pyridine rings is 1. The standard InChI is InChI=1S/C53H82FN7O10/c1-12-44-53(9,66)49(64)32(4)45(58-71-41-19-22-56-28-41)39-25-52(8,68-30-39)50(33(5)46(62)34(6)51(65)70-44)69-35(7)47(63)42(24-31(2)3)60(10)23-20-40-29-61(59-57-40)43(26-54)48(67-11)37-17-15-36(16-18-37)38-14-13-21-55-27-38/h13-18,21,27,31-35,39-44,47-50,56,63-64,66H,12,19-20,22-26,28-30H2,1-11H3/b58-45-/t32-,33-,34+,35+,39-,40?,41+,42-,43+,44+,47-,48+,49+,50+,52+,53+/m0/s1. The lowest BCUT2D eigenvalue weighted by molar-refractivity contribution is -0.191. The Bertz CT molecular complexity index is 2080. The van der Waals surface area contributed by atoms with Gasteiger partial charge < -0.3 is 49.3 Å². The lowest BCUT2D eigenvalue weighted by Gasteiger charge is -2.43. The lowest BCUT2D eigenvalue weighted by Crippen LogP contribution is -2.57. The molecular weight excluding hydrogens is 914 g/mol. The van der Waals surface area contributed by atoms with Crippen molar-refractivity contribution in [2.24, 2.45) is 45.1 Å². The van der Waals surface area contributed by atoms with E-state index in [9.17, 15) is 29.3 Å². The molecule has 1 aromatic heterocycles. The Balaban J connectivity index is 1.17. The molecule has 0 amide bonds. The molecule has 0 saturated carbocycles. The summed E-state index contributed by atoms with van der Waals surface area (Å²) >= 11 is 0. The molecule has 4 aliphatic rings. The second-order valence-electron chi connectivity index (χ2n) is 21.4. The summed E-state index contributed by atoms with van der Waals surface area (Å²) in [6.07, 6.45) is -0.139. The molecule has 16 atom stereocenters. The first-order valence-corrected chi connectivity index (χ1v) is 25.8. The molecule has 2 aromatic rings. The molecular formula is C53H82FN7O10. The number of rotatable bonds is 19. The van der Waals surface area contributed by atoms with E-state index < -0.39 is 96.0 Å². The number of nitrogens with zero attached hydrogens (tertiary/aromatic N) is 6. The first-order chi connectivity index (χ1) is 33.7. The number of oxime groups is 1. The van der Waals surface area contributed by atoms with E-state index in [2.05, 4.69) is 44.5 Å². The van der Waals surface area contributed by atoms with Gasteiger partial charge in [0.15, 0.2) is 5.78 Å². The average molecular weight is 996 g/mol. The van der Waals surface area contributed by atoms with Crippen molar-refractivity contribution in [1.29, 1.82) is 0 Å². The number of nitrogens with one attached hydrogen (secondary N) is 1. The van der Waals surface area contributed by atoms with Crippen molar-refractivity contribution in [2.45, 2.75) is 166 Å². The minimum absolute atomic E-state index is 0.160. The van der Waals surface area contributed by atoms with Crippen LogP contribution in [0.5, 0.6) is 0 Å². The summed E-state index contributed by atoms with van der Waals surface area (Å²) in [5, 5.41) is 54.7. The van der Waals surface area contributed by atoms with Gasteiger partial charge in [0.2, 0.25) is 0 Å². The van der Waals surface area contributed by atoms with Crippen molar-refractivity contribution in [1.82, 2.24) is 20.2 Å². The number of carbonyl (C=O) groups is 2. The fraction of sp³-hybridized carbons (Fsp3) is 0.736. The van der Waals surface area contributed by atoms with Gasteiger partial charge in [-0.05, 0) is 95.6 Å². The van der Waals surface area contributed by atoms with Crippen LogP contribution in [0.15, 0.2) is 64.3 Å². The third kappa shape index (κ3) is 13.2. The summed E-state index contributed by atoms with van der Waals surface area (Å²) in [6.45, 7) is 17.8. The molecule has 0 aliphatic carbocycles. The normalized spacial score (nSPS) is 33.6. The molecule has 1 aromatic carbocycles. The van der Waals surface area contributed by atoms with Crippen molar-refractivity contribution >= 4 is 17.5 Å². The van der Waals surface area contributed by atoms with Gasteiger partial charge in [-0.1, -0.05) is 75.3 Å². The molecule has 0 spiro atoms. The van der Waals surface area contributed by atoms with Crippen LogP contribution in [0.2, 0.25) is 0 Å². The van der Waals surface area contributed by atoms with E-state index in [1.807, 2.05) is 50.4 Å². The smallest absolute Gasteiger partial charge is 0.316 e. The van der Waals surface area contributed by atoms with E-state index in [4.69, 9.17) is 23.8 Å². The van der Waals surface area contributed by atoms with Gasteiger partial charge in [-0.2, -0.15) is 5.11 Å². The maximum Gasteiger partial charge on any atom is 0.316 e. The van der Waals surface area contributed by atoms with E-state index in [0.717, 1.165) is 29.7 Å². The Hall–Kier alpha value is -4.01. The minimum Gasteiger partial charge on any atom is -0.459 e. The topological polar surface area (TPSA) is 209 Å². The minimum atomic E-state index is -1.90. The molecule has 2 bridgehead atoms. The highest BCUT2D eigenvalue weighted by atomic mass is 19.1. The molecule has 6 rings (SSSR count). The molecule has 3 saturated heterocycles. The number of halogens is 1. The molecule has 1 unspecified atom stereocenters. The number of ketones is 1. The van der Waals surface area contributed by atoms with Crippen LogP contribution in [0.4, 0.5) is 4.39 Å². The number of hydrogen-bond donors (Lipinski definition) is 4. The molecule has 3 fully saturated rings. The van der Waals surface area contributed by atoms with Gasteiger partial charge in [0.25, 0.3) is 0 Å². The molecule has 18 heteroatoms. The Kier molecular flexibility index (Phi) is 19.7. The zero-order valence-corrected chi connectivity index (χ0v) is 43.8. The number of hydrogen-bond acceptors (Lipinski definition) is 17. The first-order valence-electron chi connectivity index (χ1n) is 25.8. The lowest BCUT2D eigenvalue weighted by atomic mass is 9.75. The summed E-state index contributed by atoms with van der Waals surface area (Å²) in [6, 6.07) is 10.4. The number of cyclic esters (lactones) is 1. The Labute approximate surface area is 420 Å². The number of aliphatic hydroxyl groups excluding tert-OH is 2. The molecule has 4 N–H and O–H groups in total. The Morgan fingerprint density at radius 1 is 1.08 bits per heavy atom. The number of methoxy groups -OCH3 is 1. The number of Topliss-reactive ketones (excluding diaryl/α,β-unsaturated/α-hetero) is 1. The van der Waals surface area contributed by atoms with Gasteiger partial charge >= 0.3 is 5.97 Å². The summed E-state index contributed by atoms with van der Waals surface area (Å²) in [7, 11) is 3.53. The summed E-state index contributed by atoms with van der Waals surface area (Å²) < 4.78 is 40.2. The van der Waals surface area contributed by atoms with Crippen molar-refractivity contribution in [3.63, 3.8) is 0 Å². The quantitative estimate of drug-likeness (QED) is 0.0708. The van der Waals surface area contributed by atoms with Crippen LogP contribution in [-0.4, -0.2) is 167 Å². The molecule has 71 heavy (non-hydrogen) atoms. The average Bonchev–Trinajstić information content (AvgIpc) is 4.16. The number of ether oxygens (including phenoxy) is 4. The van der Waals surface area contributed by atoms with Gasteiger partial charge in [0, 0.05) is 62.8 Å². The first kappa shape index (κ1) is 56.3. The zero-order chi connectivity index (χ0) is 51.8. The fourth-order valence-corrected chi connectivity index (χ4v) is 11.1. The SMILES string of the molecule is CC[C@H]1OC(=O)[C@H](C)C(=O)[C@H](C)[C@@H](O[C@H](C)[C@H](O)[C@H](CC(C)C)N(C)CCC2CN([C@H](CF)[C@H](OC)c3ccc(-c4cccnc4)cc3)N=N2)[C@@]2(C)C[C@@H](CO2)/C(=N\O[C@@H]2CCNC2)[C@H](C)[C@@H](O)[C@]1(C)O. The summed E-state index contributed by atoms with van der Waals surface area (Å²) in [4.78, 5) is 40.6. The van der Waals surface area contributed by atoms with Gasteiger partial charge in [-0.3, -0.25) is 19.6 Å². The number of likely N-dealkylation sites (N-methyl/N-ethyl adjacent to an activating group) is 1. The number of esters is 1. The number of benzene rings is 1. The predicted octanol–water partition coefficient (Wildman–Crippen LogP) is 6.15. The van der Waals surface area contributed by atoms with Crippen LogP contribution in [0.25, 0.3) is 11.1 Å². The van der Waals surface area contributed by atoms with Crippen LogP contribution >= 0.6 is 0 Å². The third-order valence-corrected chi connectivity index (χ3v) is 15.5. The van der Waals surface area contributed by atoms with Gasteiger partial charge in [-0.15, -0.1) is 0 Å². The van der Waals surface area contributed by atoms with Crippen LogP contribution in [0.1, 0.15) is 106 Å². The highest BCUT2D eigenvalue weighted by Gasteiger charge is 2.54. The molecule has 4 aliphatic heterocycles. The van der Waals surface area contributed by atoms with Gasteiger partial charge in [0.1, 0.15) is 42.5 Å². The Morgan fingerprint density at radius 3 is 2.44 bits per heavy atom. The van der Waals surface area contributed by atoms with Crippen molar-refractivity contribution in [3.05, 3.63) is 54.4 Å². The van der Waals surface area contributed by atoms with Crippen molar-refractivity contribution < 1.29 is 53.1 Å². The molecule has 17 nitrogen and oxygen atoms in total. The van der Waals surface area contributed by atoms with E-state index in [0.29, 0.717) is 44.6 Å². The zero-order valence-electron chi connectivity index (χ0n) is 43.8. The maximum absolute atomic E-state index is 14.9. The molecule has 0 radical (unpaired) electrons. The van der Waals surface area contributed by atoms with Crippen molar-refractivity contribution in [2.75, 3.05) is 53.6 Å². The van der Waals surface area contributed by atoms with E-state index in [-0.39, 0.29) is 37.1 Å². The summed E-state index contributed by atoms with van der Waals surface area (Å²) in [5.74, 6) is -4.37. The Morgan fingerprint density at radius 2 is 1.82 bits per heavy atom. The second-order valence-corrected chi connectivity index (χ2v) is 21.4. The van der Waals surface area contributed by atoms with Crippen molar-refractivity contribution in [3.8, 4) is 11.1 Å². The number of alkyl halides is 1. The van der Waals surface area contributed by atoms with E-state index in [1.54, 1.807) is 52.2 Å². The second kappa shape index (κ2) is 24.8. The van der Waals surface area contributed by atoms with E-state index >= 15 is 0 Å². The third-order valence-electron chi connectivity index (χ3n) is 15.5. The predicted molar refractivity (Wildman–Crippen MR) is 267 cm³/mol. The number of aromatic nitrogens is 1. The van der Waals surface area contributed by atoms with Gasteiger partial charge in [-0.25, -0.2) is 4.39 Å². The van der Waals surface area contributed by atoms with Crippen LogP contribution in [0, 0.1) is 29.6 Å². The summed E-state index contributed by atoms with van der Waals surface area (Å²) in [5.41, 5.74) is 0.254. The number of aliphatic hydroxyl groups is 3. The van der Waals surface area contributed by atoms with Crippen LogP contribution < -0.4 is 5.32 Å². The molecule has 396 valence electrons. The van der Waals surface area contributed by atoms with Crippen LogP contribution in [-0.2, 0) is 33.4 Å². The van der Waals surface area contributed by atoms with Gasteiger partial charge in [0.05, 0.1) is 54.9 Å². The monoisotopic (exact) mass is 996 g/mol. The highest BCUT2D eigenvalue weighted by Crippen LogP contribution is 2.42. The van der Waals surface area contributed by atoms with Crippen LogP contribution in [0.3, 0.4) is 0 Å². The number of carbonyl (C=O) groups excluding carboxylic acids is 2. The number of fused-ring (bicyclic) bond motifs is 2. The largest absolute Gasteiger partial charge is 0.459 e. The maximum atomic E-state index is 14.9. The van der Waals surface area contributed by atoms with E-state index in [1.165, 1.54) is 13.8 Å². The fourth-order valence-electron chi connectivity index (χ4n) is 11.1.